The maximum atomic E-state index is 11.5. The fraction of sp³-hybridized carbons (Fsp3) is 0.846. The van der Waals surface area contributed by atoms with Crippen molar-refractivity contribution in [3.05, 3.63) is 0 Å². The highest BCUT2D eigenvalue weighted by Crippen LogP contribution is 2.19. The van der Waals surface area contributed by atoms with E-state index in [9.17, 15) is 9.59 Å². The molecule has 2 amide bonds. The number of nitrogens with zero attached hydrogens (tertiary/aromatic N) is 2. The molecule has 110 valence electrons. The van der Waals surface area contributed by atoms with Gasteiger partial charge in [-0.1, -0.05) is 6.42 Å². The fourth-order valence-electron chi connectivity index (χ4n) is 2.99. The standard InChI is InChI=1S/C13H23N3O2.ClH/c1-10(14)11-4-2-3-7-15(11)8-9-16-12(17)5-6-13(16)18;/h10-11H,2-9,14H2,1H3;1H. The third-order valence-electron chi connectivity index (χ3n) is 4.04. The van der Waals surface area contributed by atoms with Gasteiger partial charge in [0.1, 0.15) is 0 Å². The SMILES string of the molecule is CC(N)C1CCCCN1CCN1C(=O)CCC1=O.Cl. The Hall–Kier alpha value is -0.650. The van der Waals surface area contributed by atoms with E-state index in [-0.39, 0.29) is 30.3 Å². The van der Waals surface area contributed by atoms with Crippen molar-refractivity contribution in [3.63, 3.8) is 0 Å². The van der Waals surface area contributed by atoms with Gasteiger partial charge in [0.15, 0.2) is 0 Å². The quantitative estimate of drug-likeness (QED) is 0.776. The van der Waals surface area contributed by atoms with Crippen molar-refractivity contribution in [1.82, 2.24) is 9.80 Å². The Labute approximate surface area is 120 Å². The van der Waals surface area contributed by atoms with Crippen LogP contribution in [0.3, 0.4) is 0 Å². The molecule has 2 rings (SSSR count). The zero-order valence-corrected chi connectivity index (χ0v) is 12.3. The van der Waals surface area contributed by atoms with E-state index < -0.39 is 0 Å². The van der Waals surface area contributed by atoms with Crippen LogP contribution in [0, 0.1) is 0 Å². The van der Waals surface area contributed by atoms with Crippen LogP contribution >= 0.6 is 12.4 Å². The van der Waals surface area contributed by atoms with Gasteiger partial charge in [0.2, 0.25) is 11.8 Å². The van der Waals surface area contributed by atoms with Gasteiger partial charge in [-0.15, -0.1) is 12.4 Å². The second-order valence-corrected chi connectivity index (χ2v) is 5.40. The predicted molar refractivity (Wildman–Crippen MR) is 76.1 cm³/mol. The summed E-state index contributed by atoms with van der Waals surface area (Å²) in [6, 6.07) is 0.543. The minimum absolute atomic E-state index is 0. The van der Waals surface area contributed by atoms with Gasteiger partial charge in [-0.2, -0.15) is 0 Å². The zero-order chi connectivity index (χ0) is 13.1. The average molecular weight is 290 g/mol. The molecule has 6 heteroatoms. The Balaban J connectivity index is 0.00000180. The van der Waals surface area contributed by atoms with Crippen molar-refractivity contribution in [2.24, 2.45) is 5.73 Å². The van der Waals surface area contributed by atoms with Crippen LogP contribution in [-0.4, -0.2) is 53.3 Å². The minimum Gasteiger partial charge on any atom is -0.327 e. The molecule has 0 aromatic carbocycles. The molecule has 0 aliphatic carbocycles. The molecule has 19 heavy (non-hydrogen) atoms. The van der Waals surface area contributed by atoms with Gasteiger partial charge in [0.25, 0.3) is 0 Å². The summed E-state index contributed by atoms with van der Waals surface area (Å²) in [4.78, 5) is 26.8. The third kappa shape index (κ3) is 3.91. The molecule has 2 heterocycles. The van der Waals surface area contributed by atoms with E-state index in [2.05, 4.69) is 4.90 Å². The summed E-state index contributed by atoms with van der Waals surface area (Å²) >= 11 is 0. The molecule has 0 aromatic rings. The smallest absolute Gasteiger partial charge is 0.229 e. The van der Waals surface area contributed by atoms with Gasteiger partial charge in [-0.25, -0.2) is 0 Å². The van der Waals surface area contributed by atoms with Crippen LogP contribution in [0.1, 0.15) is 39.0 Å². The summed E-state index contributed by atoms with van der Waals surface area (Å²) in [5.41, 5.74) is 6.01. The van der Waals surface area contributed by atoms with E-state index in [4.69, 9.17) is 5.73 Å². The van der Waals surface area contributed by atoms with Crippen molar-refractivity contribution in [3.8, 4) is 0 Å². The zero-order valence-electron chi connectivity index (χ0n) is 11.5. The number of likely N-dealkylation sites (tertiary alicyclic amines) is 2. The highest BCUT2D eigenvalue weighted by Gasteiger charge is 2.31. The molecule has 2 unspecified atom stereocenters. The van der Waals surface area contributed by atoms with E-state index >= 15 is 0 Å². The topological polar surface area (TPSA) is 66.6 Å². The summed E-state index contributed by atoms with van der Waals surface area (Å²) in [6.07, 6.45) is 4.31. The largest absolute Gasteiger partial charge is 0.327 e. The minimum atomic E-state index is -0.0191. The van der Waals surface area contributed by atoms with Crippen LogP contribution in [-0.2, 0) is 9.59 Å². The molecule has 0 radical (unpaired) electrons. The first-order chi connectivity index (χ1) is 8.59. The lowest BCUT2D eigenvalue weighted by molar-refractivity contribution is -0.138. The first-order valence-electron chi connectivity index (χ1n) is 6.92. The van der Waals surface area contributed by atoms with Gasteiger partial charge in [-0.05, 0) is 26.3 Å². The highest BCUT2D eigenvalue weighted by atomic mass is 35.5. The maximum absolute atomic E-state index is 11.5. The van der Waals surface area contributed by atoms with Gasteiger partial charge in [0.05, 0.1) is 0 Å². The summed E-state index contributed by atoms with van der Waals surface area (Å²) in [5.74, 6) is -0.0382. The Bertz CT molecular complexity index is 320. The number of amides is 2. The molecule has 2 aliphatic rings. The molecular formula is C13H24ClN3O2. The van der Waals surface area contributed by atoms with E-state index in [1.54, 1.807) is 0 Å². The lowest BCUT2D eigenvalue weighted by atomic mass is 9.97. The molecule has 2 aliphatic heterocycles. The van der Waals surface area contributed by atoms with E-state index in [1.165, 1.54) is 17.7 Å². The Morgan fingerprint density at radius 2 is 1.84 bits per heavy atom. The number of carbonyl (C=O) groups excluding carboxylic acids is 2. The number of imide groups is 1. The van der Waals surface area contributed by atoms with Crippen LogP contribution in [0.2, 0.25) is 0 Å². The number of halogens is 1. The van der Waals surface area contributed by atoms with Crippen LogP contribution in [0.4, 0.5) is 0 Å². The molecule has 0 spiro atoms. The van der Waals surface area contributed by atoms with Crippen molar-refractivity contribution < 1.29 is 9.59 Å². The summed E-state index contributed by atoms with van der Waals surface area (Å²) in [5, 5.41) is 0. The van der Waals surface area contributed by atoms with Crippen molar-refractivity contribution in [2.45, 2.75) is 51.1 Å². The third-order valence-corrected chi connectivity index (χ3v) is 4.04. The van der Waals surface area contributed by atoms with Gasteiger partial charge < -0.3 is 5.73 Å². The second kappa shape index (κ2) is 7.22. The Kier molecular flexibility index (Phi) is 6.23. The van der Waals surface area contributed by atoms with Gasteiger partial charge >= 0.3 is 0 Å². The lowest BCUT2D eigenvalue weighted by Gasteiger charge is -2.38. The lowest BCUT2D eigenvalue weighted by Crippen LogP contribution is -2.51. The molecule has 0 aromatic heterocycles. The summed E-state index contributed by atoms with van der Waals surface area (Å²) in [7, 11) is 0. The highest BCUT2D eigenvalue weighted by molar-refractivity contribution is 6.01. The maximum Gasteiger partial charge on any atom is 0.229 e. The first kappa shape index (κ1) is 16.4. The van der Waals surface area contributed by atoms with Gasteiger partial charge in [-0.3, -0.25) is 19.4 Å². The first-order valence-corrected chi connectivity index (χ1v) is 6.92. The predicted octanol–water partition coefficient (Wildman–Crippen LogP) is 0.759. The molecule has 2 saturated heterocycles. The monoisotopic (exact) mass is 289 g/mol. The molecule has 5 nitrogen and oxygen atoms in total. The van der Waals surface area contributed by atoms with Crippen molar-refractivity contribution in [2.75, 3.05) is 19.6 Å². The number of nitrogens with two attached hydrogens (primary N) is 1. The van der Waals surface area contributed by atoms with Crippen molar-refractivity contribution in [1.29, 1.82) is 0 Å². The molecule has 2 N–H and O–H groups in total. The van der Waals surface area contributed by atoms with Crippen LogP contribution in [0.15, 0.2) is 0 Å². The van der Waals surface area contributed by atoms with E-state index in [1.807, 2.05) is 6.92 Å². The van der Waals surface area contributed by atoms with E-state index in [0.29, 0.717) is 25.4 Å². The Morgan fingerprint density at radius 3 is 2.42 bits per heavy atom. The molecule has 2 atom stereocenters. The number of rotatable bonds is 4. The van der Waals surface area contributed by atoms with Crippen molar-refractivity contribution >= 4 is 24.2 Å². The van der Waals surface area contributed by atoms with Crippen LogP contribution < -0.4 is 5.73 Å². The number of hydrogen-bond donors (Lipinski definition) is 1. The summed E-state index contributed by atoms with van der Waals surface area (Å²) in [6.45, 7) is 4.36. The van der Waals surface area contributed by atoms with Gasteiger partial charge in [0, 0.05) is 38.0 Å². The molecule has 0 bridgehead atoms. The summed E-state index contributed by atoms with van der Waals surface area (Å²) < 4.78 is 0. The number of piperidine rings is 1. The molecule has 2 fully saturated rings. The fourth-order valence-corrected chi connectivity index (χ4v) is 2.99. The number of hydrogen-bond acceptors (Lipinski definition) is 4. The van der Waals surface area contributed by atoms with Crippen LogP contribution in [0.25, 0.3) is 0 Å². The van der Waals surface area contributed by atoms with E-state index in [0.717, 1.165) is 19.5 Å². The van der Waals surface area contributed by atoms with Crippen LogP contribution in [0.5, 0.6) is 0 Å². The molecule has 0 saturated carbocycles. The second-order valence-electron chi connectivity index (χ2n) is 5.40. The average Bonchev–Trinajstić information content (AvgIpc) is 2.67. The number of carbonyl (C=O) groups is 2. The normalized spacial score (nSPS) is 26.4. The molecular weight excluding hydrogens is 266 g/mol. The Morgan fingerprint density at radius 1 is 1.21 bits per heavy atom.